The Morgan fingerprint density at radius 1 is 0.403 bits per heavy atom. The fourth-order valence-electron chi connectivity index (χ4n) is 14.5. The van der Waals surface area contributed by atoms with Crippen molar-refractivity contribution in [1.82, 2.24) is 0 Å². The van der Waals surface area contributed by atoms with Crippen LogP contribution in [0.2, 0.25) is 0 Å². The van der Waals surface area contributed by atoms with Crippen LogP contribution in [0.4, 0.5) is 28.4 Å². The molecule has 3 aliphatic carbocycles. The molecule has 0 amide bonds. The van der Waals surface area contributed by atoms with Crippen LogP contribution in [0, 0.1) is 13.8 Å². The fourth-order valence-corrected chi connectivity index (χ4v) is 14.5. The van der Waals surface area contributed by atoms with Gasteiger partial charge in [0, 0.05) is 44.8 Å². The maximum Gasteiger partial charge on any atom is 0.333 e. The van der Waals surface area contributed by atoms with E-state index in [1.165, 1.54) is 119 Å². The standard InChI is InChI=1S/C68H73BN2O/c1-40-19-15-16-20-44(40)42-32-48-46-35-52-54(68(13,14)30-28-66(52,9)10)38-57(46)71(43-23-24-49-51(34-43)65(7,8)26-25-63(49,3)4)69-55-39-61-47(45-21-17-18-22-60(45)72-61)36-58(55)70(59(33-42)62(48)69)56-37-53-50(31-41(56)2)64(5,6)27-29-67(53,11)12/h15-24,31-39H,25-30H2,1-14H3. The molecule has 364 valence electrons. The highest BCUT2D eigenvalue weighted by atomic mass is 16.3. The van der Waals surface area contributed by atoms with Crippen LogP contribution in [0.5, 0.6) is 0 Å². The average molecular weight is 945 g/mol. The van der Waals surface area contributed by atoms with Crippen molar-refractivity contribution in [2.24, 2.45) is 0 Å². The Kier molecular flexibility index (Phi) is 9.44. The Morgan fingerprint density at radius 3 is 1.61 bits per heavy atom. The van der Waals surface area contributed by atoms with Crippen LogP contribution in [0.3, 0.4) is 0 Å². The molecule has 0 spiro atoms. The highest BCUT2D eigenvalue weighted by Crippen LogP contribution is 2.57. The van der Waals surface area contributed by atoms with Crippen LogP contribution in [0.15, 0.2) is 120 Å². The lowest BCUT2D eigenvalue weighted by atomic mass is 9.43. The molecule has 0 radical (unpaired) electrons. The van der Waals surface area contributed by atoms with Gasteiger partial charge in [-0.3, -0.25) is 0 Å². The molecule has 13 rings (SSSR count). The van der Waals surface area contributed by atoms with E-state index in [2.05, 4.69) is 222 Å². The van der Waals surface area contributed by atoms with Crippen LogP contribution in [0.1, 0.15) is 166 Å². The first kappa shape index (κ1) is 45.8. The first-order valence-electron chi connectivity index (χ1n) is 27.2. The van der Waals surface area contributed by atoms with Gasteiger partial charge in [-0.1, -0.05) is 138 Å². The Labute approximate surface area is 430 Å². The molecule has 0 fully saturated rings. The first-order chi connectivity index (χ1) is 34.0. The third-order valence-electron chi connectivity index (χ3n) is 19.5. The van der Waals surface area contributed by atoms with Crippen molar-refractivity contribution in [1.29, 1.82) is 0 Å². The van der Waals surface area contributed by atoms with Gasteiger partial charge in [-0.2, -0.15) is 0 Å². The monoisotopic (exact) mass is 945 g/mol. The number of benzene rings is 7. The van der Waals surface area contributed by atoms with Crippen molar-refractivity contribution < 1.29 is 4.42 Å². The normalized spacial score (nSPS) is 20.1. The molecule has 2 aliphatic heterocycles. The van der Waals surface area contributed by atoms with Crippen LogP contribution >= 0.6 is 0 Å². The number of para-hydroxylation sites is 1. The predicted molar refractivity (Wildman–Crippen MR) is 308 cm³/mol. The van der Waals surface area contributed by atoms with Crippen molar-refractivity contribution in [3.63, 3.8) is 0 Å². The van der Waals surface area contributed by atoms with Crippen molar-refractivity contribution in [2.45, 2.75) is 168 Å². The van der Waals surface area contributed by atoms with Crippen LogP contribution in [-0.4, -0.2) is 6.85 Å². The van der Waals surface area contributed by atoms with Crippen LogP contribution < -0.4 is 20.6 Å². The molecule has 1 aromatic heterocycles. The van der Waals surface area contributed by atoms with Crippen LogP contribution in [-0.2, 0) is 32.5 Å². The second-order valence-corrected chi connectivity index (χ2v) is 27.0. The molecule has 0 N–H and O–H groups in total. The number of hydrogen-bond donors (Lipinski definition) is 0. The lowest BCUT2D eigenvalue weighted by Gasteiger charge is -2.49. The number of hydrogen-bond acceptors (Lipinski definition) is 3. The molecule has 0 saturated carbocycles. The minimum atomic E-state index is -0.152. The minimum Gasteiger partial charge on any atom is -0.456 e. The average Bonchev–Trinajstić information content (AvgIpc) is 3.70. The summed E-state index contributed by atoms with van der Waals surface area (Å²) in [6.45, 7) is 34.2. The predicted octanol–water partition coefficient (Wildman–Crippen LogP) is 17.6. The summed E-state index contributed by atoms with van der Waals surface area (Å²) in [6.07, 6.45) is 7.01. The third kappa shape index (κ3) is 6.48. The van der Waals surface area contributed by atoms with Gasteiger partial charge in [0.05, 0.1) is 0 Å². The van der Waals surface area contributed by atoms with E-state index < -0.39 is 0 Å². The maximum absolute atomic E-state index is 6.95. The van der Waals surface area contributed by atoms with E-state index in [0.29, 0.717) is 0 Å². The zero-order valence-corrected chi connectivity index (χ0v) is 45.6. The quantitative estimate of drug-likeness (QED) is 0.165. The van der Waals surface area contributed by atoms with E-state index in [0.717, 1.165) is 47.6 Å². The molecule has 0 atom stereocenters. The molecule has 4 heteroatoms. The number of fused-ring (bicyclic) bond motifs is 10. The topological polar surface area (TPSA) is 19.6 Å². The number of furan rings is 1. The molecule has 0 unspecified atom stereocenters. The highest BCUT2D eigenvalue weighted by molar-refractivity contribution is 6.93. The number of rotatable bonds is 3. The number of anilines is 5. The van der Waals surface area contributed by atoms with Gasteiger partial charge >= 0.3 is 6.85 Å². The molecule has 5 aliphatic rings. The smallest absolute Gasteiger partial charge is 0.333 e. The van der Waals surface area contributed by atoms with E-state index in [9.17, 15) is 0 Å². The molecular formula is C68H73BN2O. The van der Waals surface area contributed by atoms with Crippen LogP contribution in [0.25, 0.3) is 44.2 Å². The van der Waals surface area contributed by atoms with E-state index in [4.69, 9.17) is 4.42 Å². The SMILES string of the molecule is Cc1ccccc1-c1cc2c3c(c1)N(c1cc4c(cc1C)C(C)(C)CCC4(C)C)c1cc4c(cc1B3N(c1ccc3c(c1)C(C)(C)CCC3(C)C)c1cc3c(cc1-2)C(C)(C)CCC3(C)C)oc1ccccc14. The molecule has 0 saturated heterocycles. The van der Waals surface area contributed by atoms with Gasteiger partial charge in [0.25, 0.3) is 0 Å². The maximum atomic E-state index is 6.95. The van der Waals surface area contributed by atoms with Crippen molar-refractivity contribution in [2.75, 3.05) is 9.71 Å². The lowest BCUT2D eigenvalue weighted by molar-refractivity contribution is 0.332. The lowest BCUT2D eigenvalue weighted by Crippen LogP contribution is -2.61. The Morgan fingerprint density at radius 2 is 0.958 bits per heavy atom. The van der Waals surface area contributed by atoms with E-state index in [1.54, 1.807) is 0 Å². The van der Waals surface area contributed by atoms with Gasteiger partial charge in [-0.05, 0) is 218 Å². The molecule has 3 nitrogen and oxygen atoms in total. The summed E-state index contributed by atoms with van der Waals surface area (Å²) in [5.41, 5.74) is 27.9. The summed E-state index contributed by atoms with van der Waals surface area (Å²) in [4.78, 5) is 5.49. The van der Waals surface area contributed by atoms with E-state index in [-0.39, 0.29) is 39.3 Å². The van der Waals surface area contributed by atoms with Gasteiger partial charge in [0.15, 0.2) is 0 Å². The van der Waals surface area contributed by atoms with Crippen molar-refractivity contribution in [3.8, 4) is 22.3 Å². The summed E-state index contributed by atoms with van der Waals surface area (Å²) in [7, 11) is 0. The molecule has 8 aromatic rings. The summed E-state index contributed by atoms with van der Waals surface area (Å²) in [5, 5.41) is 2.31. The Balaban J connectivity index is 1.21. The number of nitrogens with zero attached hydrogens (tertiary/aromatic N) is 2. The zero-order chi connectivity index (χ0) is 50.4. The summed E-state index contributed by atoms with van der Waals surface area (Å²) < 4.78 is 6.95. The van der Waals surface area contributed by atoms with E-state index in [1.807, 2.05) is 0 Å². The zero-order valence-electron chi connectivity index (χ0n) is 45.6. The molecule has 72 heavy (non-hydrogen) atoms. The van der Waals surface area contributed by atoms with Crippen molar-refractivity contribution >= 4 is 68.1 Å². The summed E-state index contributed by atoms with van der Waals surface area (Å²) >= 11 is 0. The molecular weight excluding hydrogens is 872 g/mol. The van der Waals surface area contributed by atoms with E-state index >= 15 is 0 Å². The minimum absolute atomic E-state index is 0.0237. The summed E-state index contributed by atoms with van der Waals surface area (Å²) in [5.74, 6) is 0. The second-order valence-electron chi connectivity index (χ2n) is 27.0. The van der Waals surface area contributed by atoms with Gasteiger partial charge in [-0.15, -0.1) is 0 Å². The first-order valence-corrected chi connectivity index (χ1v) is 27.2. The van der Waals surface area contributed by atoms with Gasteiger partial charge in [0.2, 0.25) is 0 Å². The van der Waals surface area contributed by atoms with Gasteiger partial charge in [-0.25, -0.2) is 0 Å². The van der Waals surface area contributed by atoms with Gasteiger partial charge in [0.1, 0.15) is 11.2 Å². The number of aryl methyl sites for hydroxylation is 2. The van der Waals surface area contributed by atoms with Gasteiger partial charge < -0.3 is 14.1 Å². The molecule has 7 aromatic carbocycles. The van der Waals surface area contributed by atoms with Crippen molar-refractivity contribution in [3.05, 3.63) is 160 Å². The second kappa shape index (κ2) is 14.8. The molecule has 3 heterocycles. The largest absolute Gasteiger partial charge is 0.456 e. The Bertz CT molecular complexity index is 3650. The highest BCUT2D eigenvalue weighted by Gasteiger charge is 2.49. The Hall–Kier alpha value is -6.00. The molecule has 0 bridgehead atoms. The third-order valence-corrected chi connectivity index (χ3v) is 19.5. The fraction of sp³-hybridized carbons (Fsp3) is 0.382. The summed E-state index contributed by atoms with van der Waals surface area (Å²) in [6, 6.07) is 45.8.